The van der Waals surface area contributed by atoms with Crippen molar-refractivity contribution in [3.63, 3.8) is 0 Å². The van der Waals surface area contributed by atoms with Gasteiger partial charge in [-0.05, 0) is 25.1 Å². The standard InChI is InChI=1S/C22H20N2O6/c1-10-17(25)19(27)20(28)22(30-10)24-14-9-5-3-7-12(14)15(21(24)29)16-18(26)11-6-2-4-8-13(11)23-16/h2-10,17,19-20,22,25,27-29H,1H3/t10-,17-,19+,20+,22-/m0/s1. The lowest BCUT2D eigenvalue weighted by atomic mass is 9.99. The molecule has 0 spiro atoms. The summed E-state index contributed by atoms with van der Waals surface area (Å²) in [5, 5.41) is 42.5. The molecule has 3 heterocycles. The zero-order valence-electron chi connectivity index (χ0n) is 16.0. The Morgan fingerprint density at radius 1 is 0.967 bits per heavy atom. The molecule has 1 saturated heterocycles. The summed E-state index contributed by atoms with van der Waals surface area (Å²) in [5.74, 6) is -0.617. The van der Waals surface area contributed by atoms with E-state index in [1.807, 2.05) is 0 Å². The average molecular weight is 408 g/mol. The van der Waals surface area contributed by atoms with Crippen molar-refractivity contribution in [2.75, 3.05) is 0 Å². The van der Waals surface area contributed by atoms with Crippen molar-refractivity contribution in [3.05, 3.63) is 59.7 Å². The van der Waals surface area contributed by atoms with Gasteiger partial charge < -0.3 is 25.2 Å². The normalized spacial score (nSPS) is 28.6. The number of hydrogen-bond acceptors (Lipinski definition) is 7. The first-order chi connectivity index (χ1) is 14.4. The molecule has 5 rings (SSSR count). The monoisotopic (exact) mass is 408 g/mol. The minimum Gasteiger partial charge on any atom is -0.494 e. The number of ether oxygens (including phenoxy) is 1. The molecule has 0 radical (unpaired) electrons. The Morgan fingerprint density at radius 3 is 2.43 bits per heavy atom. The molecule has 0 saturated carbocycles. The molecule has 8 nitrogen and oxygen atoms in total. The number of hydrogen-bond donors (Lipinski definition) is 4. The van der Waals surface area contributed by atoms with Crippen LogP contribution in [0.4, 0.5) is 5.69 Å². The highest BCUT2D eigenvalue weighted by atomic mass is 16.5. The third kappa shape index (κ3) is 2.55. The number of aromatic hydroxyl groups is 1. The van der Waals surface area contributed by atoms with E-state index >= 15 is 0 Å². The molecule has 0 amide bonds. The van der Waals surface area contributed by atoms with Gasteiger partial charge in [-0.3, -0.25) is 9.36 Å². The third-order valence-corrected chi connectivity index (χ3v) is 5.80. The van der Waals surface area contributed by atoms with Crippen LogP contribution in [0.5, 0.6) is 5.88 Å². The van der Waals surface area contributed by atoms with Gasteiger partial charge in [-0.1, -0.05) is 30.3 Å². The highest BCUT2D eigenvalue weighted by molar-refractivity contribution is 6.56. The van der Waals surface area contributed by atoms with Crippen LogP contribution in [-0.2, 0) is 4.74 Å². The largest absolute Gasteiger partial charge is 0.494 e. The first-order valence-electron chi connectivity index (χ1n) is 9.64. The highest BCUT2D eigenvalue weighted by Gasteiger charge is 2.44. The molecule has 0 aliphatic carbocycles. The molecule has 2 aliphatic rings. The second kappa shape index (κ2) is 6.75. The van der Waals surface area contributed by atoms with Gasteiger partial charge >= 0.3 is 0 Å². The van der Waals surface area contributed by atoms with Crippen LogP contribution >= 0.6 is 0 Å². The number of carbonyl (C=O) groups is 1. The van der Waals surface area contributed by atoms with Gasteiger partial charge in [-0.2, -0.15) is 0 Å². The highest BCUT2D eigenvalue weighted by Crippen LogP contribution is 2.41. The summed E-state index contributed by atoms with van der Waals surface area (Å²) in [6, 6.07) is 13.9. The molecule has 1 fully saturated rings. The topological polar surface area (TPSA) is 125 Å². The Morgan fingerprint density at radius 2 is 1.67 bits per heavy atom. The molecule has 2 aliphatic heterocycles. The summed E-state index contributed by atoms with van der Waals surface area (Å²) >= 11 is 0. The number of para-hydroxylation sites is 2. The van der Waals surface area contributed by atoms with Gasteiger partial charge in [0.05, 0.1) is 22.9 Å². The second-order valence-electron chi connectivity index (χ2n) is 7.60. The van der Waals surface area contributed by atoms with Gasteiger partial charge in [-0.25, -0.2) is 4.99 Å². The molecule has 0 bridgehead atoms. The van der Waals surface area contributed by atoms with Crippen molar-refractivity contribution in [2.24, 2.45) is 4.99 Å². The summed E-state index contributed by atoms with van der Waals surface area (Å²) in [6.07, 6.45) is -6.18. The predicted octanol–water partition coefficient (Wildman–Crippen LogP) is 1.66. The number of benzene rings is 2. The molecule has 154 valence electrons. The molecule has 4 N–H and O–H groups in total. The van der Waals surface area contributed by atoms with E-state index in [0.29, 0.717) is 22.2 Å². The van der Waals surface area contributed by atoms with Crippen LogP contribution in [0, 0.1) is 0 Å². The zero-order chi connectivity index (χ0) is 21.2. The Kier molecular flexibility index (Phi) is 4.26. The van der Waals surface area contributed by atoms with Crippen LogP contribution in [-0.4, -0.2) is 60.9 Å². The number of aliphatic hydroxyl groups is 3. The van der Waals surface area contributed by atoms with Crippen molar-refractivity contribution >= 4 is 28.1 Å². The molecular formula is C22H20N2O6. The van der Waals surface area contributed by atoms with E-state index in [1.165, 1.54) is 4.57 Å². The van der Waals surface area contributed by atoms with Crippen LogP contribution in [0.2, 0.25) is 0 Å². The number of fused-ring (bicyclic) bond motifs is 2. The Hall–Kier alpha value is -3.04. The fourth-order valence-corrected chi connectivity index (χ4v) is 4.22. The molecule has 2 aromatic carbocycles. The van der Waals surface area contributed by atoms with Crippen LogP contribution < -0.4 is 0 Å². The number of carbonyl (C=O) groups excluding carboxylic acids is 1. The van der Waals surface area contributed by atoms with Crippen LogP contribution in [0.25, 0.3) is 10.9 Å². The van der Waals surface area contributed by atoms with E-state index < -0.39 is 30.6 Å². The number of aliphatic imine (C=N–C) groups is 1. The van der Waals surface area contributed by atoms with E-state index in [4.69, 9.17) is 4.74 Å². The van der Waals surface area contributed by atoms with Crippen LogP contribution in [0.15, 0.2) is 53.5 Å². The number of Topliss-reactive ketones (excluding diaryl/α,β-unsaturated/α-hetero) is 1. The molecule has 5 atom stereocenters. The van der Waals surface area contributed by atoms with Crippen LogP contribution in [0.1, 0.15) is 29.1 Å². The Balaban J connectivity index is 1.70. The third-order valence-electron chi connectivity index (χ3n) is 5.80. The zero-order valence-corrected chi connectivity index (χ0v) is 16.0. The van der Waals surface area contributed by atoms with E-state index in [9.17, 15) is 25.2 Å². The van der Waals surface area contributed by atoms with Crippen molar-refractivity contribution in [3.8, 4) is 5.88 Å². The summed E-state index contributed by atoms with van der Waals surface area (Å²) < 4.78 is 7.07. The first-order valence-corrected chi connectivity index (χ1v) is 9.64. The van der Waals surface area contributed by atoms with Crippen LogP contribution in [0.3, 0.4) is 0 Å². The van der Waals surface area contributed by atoms with Crippen molar-refractivity contribution in [1.29, 1.82) is 0 Å². The van der Waals surface area contributed by atoms with E-state index in [-0.39, 0.29) is 22.9 Å². The molecule has 30 heavy (non-hydrogen) atoms. The quantitative estimate of drug-likeness (QED) is 0.511. The van der Waals surface area contributed by atoms with Gasteiger partial charge in [0.25, 0.3) is 0 Å². The maximum absolute atomic E-state index is 13.0. The maximum atomic E-state index is 13.0. The van der Waals surface area contributed by atoms with Crippen molar-refractivity contribution in [2.45, 2.75) is 37.6 Å². The summed E-state index contributed by atoms with van der Waals surface area (Å²) in [4.78, 5) is 17.4. The smallest absolute Gasteiger partial charge is 0.214 e. The molecule has 1 aromatic heterocycles. The number of rotatable bonds is 2. The molecule has 3 aromatic rings. The minimum absolute atomic E-state index is 0.0996. The number of aromatic nitrogens is 1. The summed E-state index contributed by atoms with van der Waals surface area (Å²) in [7, 11) is 0. The molecule has 0 unspecified atom stereocenters. The Bertz CT molecular complexity index is 1200. The number of aliphatic hydroxyl groups excluding tert-OH is 3. The van der Waals surface area contributed by atoms with Gasteiger partial charge in [0.2, 0.25) is 11.7 Å². The van der Waals surface area contributed by atoms with Gasteiger partial charge in [-0.15, -0.1) is 0 Å². The Labute approximate surface area is 171 Å². The van der Waals surface area contributed by atoms with Crippen molar-refractivity contribution < 1.29 is 30.0 Å². The van der Waals surface area contributed by atoms with Gasteiger partial charge in [0, 0.05) is 10.9 Å². The van der Waals surface area contributed by atoms with E-state index in [2.05, 4.69) is 4.99 Å². The summed E-state index contributed by atoms with van der Waals surface area (Å²) in [6.45, 7) is 1.57. The number of nitrogens with zero attached hydrogens (tertiary/aromatic N) is 2. The van der Waals surface area contributed by atoms with Gasteiger partial charge in [0.15, 0.2) is 6.23 Å². The molecular weight excluding hydrogens is 388 g/mol. The maximum Gasteiger partial charge on any atom is 0.214 e. The van der Waals surface area contributed by atoms with E-state index in [1.54, 1.807) is 55.5 Å². The molecule has 8 heteroatoms. The summed E-state index contributed by atoms with van der Waals surface area (Å²) in [5.41, 5.74) is 1.80. The predicted molar refractivity (Wildman–Crippen MR) is 108 cm³/mol. The van der Waals surface area contributed by atoms with Gasteiger partial charge in [0.1, 0.15) is 24.0 Å². The number of ketones is 1. The first kappa shape index (κ1) is 19.0. The second-order valence-corrected chi connectivity index (χ2v) is 7.60. The lowest BCUT2D eigenvalue weighted by Gasteiger charge is -2.40. The lowest BCUT2D eigenvalue weighted by molar-refractivity contribution is -0.239. The lowest BCUT2D eigenvalue weighted by Crippen LogP contribution is -2.54. The fraction of sp³-hybridized carbons (Fsp3) is 0.273. The minimum atomic E-state index is -1.50. The average Bonchev–Trinajstić information content (AvgIpc) is 3.23. The van der Waals surface area contributed by atoms with E-state index in [0.717, 1.165) is 0 Å². The van der Waals surface area contributed by atoms with Crippen molar-refractivity contribution in [1.82, 2.24) is 4.57 Å². The SMILES string of the molecule is C[C@@H]1O[C@H](n2c(O)c(C3=Nc4ccccc4C3=O)c3ccccc32)[C@H](O)[C@H](O)[C@H]1O. The fourth-order valence-electron chi connectivity index (χ4n) is 4.22.